The lowest BCUT2D eigenvalue weighted by Crippen LogP contribution is -2.41. The molecule has 0 atom stereocenters. The number of allylic oxidation sites excluding steroid dienone is 1. The van der Waals surface area contributed by atoms with Crippen molar-refractivity contribution in [3.05, 3.63) is 66.5 Å². The van der Waals surface area contributed by atoms with Crippen molar-refractivity contribution in [1.82, 2.24) is 10.00 Å². The molecule has 192 valence electrons. The van der Waals surface area contributed by atoms with Gasteiger partial charge in [0, 0.05) is 26.3 Å². The molecule has 1 saturated heterocycles. The summed E-state index contributed by atoms with van der Waals surface area (Å²) in [4.78, 5) is 7.12. The van der Waals surface area contributed by atoms with Crippen molar-refractivity contribution in [2.24, 2.45) is 10.7 Å². The smallest absolute Gasteiger partial charge is 0.238 e. The number of hydrogen-bond acceptors (Lipinski definition) is 5. The predicted molar refractivity (Wildman–Crippen MR) is 150 cm³/mol. The van der Waals surface area contributed by atoms with Crippen molar-refractivity contribution < 1.29 is 14.2 Å². The van der Waals surface area contributed by atoms with Gasteiger partial charge in [-0.25, -0.2) is 0 Å². The summed E-state index contributed by atoms with van der Waals surface area (Å²) in [5, 5.41) is 4.53. The van der Waals surface area contributed by atoms with E-state index in [4.69, 9.17) is 15.2 Å². The van der Waals surface area contributed by atoms with Crippen LogP contribution in [0, 0.1) is 0 Å². The van der Waals surface area contributed by atoms with E-state index in [-0.39, 0.29) is 0 Å². The molecule has 7 nitrogen and oxygen atoms in total. The van der Waals surface area contributed by atoms with E-state index < -0.39 is 8.07 Å². The van der Waals surface area contributed by atoms with Gasteiger partial charge in [-0.05, 0) is 80.6 Å². The van der Waals surface area contributed by atoms with Crippen LogP contribution in [0.5, 0.6) is 11.5 Å². The lowest BCUT2D eigenvalue weighted by atomic mass is 10.1. The van der Waals surface area contributed by atoms with E-state index in [1.54, 1.807) is 6.08 Å². The van der Waals surface area contributed by atoms with Crippen LogP contribution < -0.4 is 15.2 Å². The molecule has 1 aliphatic heterocycles. The fourth-order valence-corrected chi connectivity index (χ4v) is 5.08. The Morgan fingerprint density at radius 1 is 1.11 bits per heavy atom. The van der Waals surface area contributed by atoms with Crippen molar-refractivity contribution in [2.75, 3.05) is 33.0 Å². The number of nitrogens with one attached hydrogen (secondary N) is 1. The van der Waals surface area contributed by atoms with Gasteiger partial charge in [0.1, 0.15) is 18.2 Å². The first kappa shape index (κ1) is 26.1. The van der Waals surface area contributed by atoms with Crippen LogP contribution in [0.25, 0.3) is 10.9 Å². The Kier molecular flexibility index (Phi) is 8.96. The number of ether oxygens (including phenoxy) is 2. The van der Waals surface area contributed by atoms with Gasteiger partial charge in [0.2, 0.25) is 5.52 Å². The number of aromatic nitrogens is 2. The molecule has 0 unspecified atom stereocenters. The van der Waals surface area contributed by atoms with Crippen LogP contribution in [0.4, 0.5) is 0 Å². The molecular weight excluding hydrogens is 466 g/mol. The normalized spacial score (nSPS) is 15.4. The topological polar surface area (TPSA) is 79.7 Å². The molecule has 36 heavy (non-hydrogen) atoms. The molecule has 4 rings (SSSR count). The number of aromatic amines is 1. The molecule has 1 aliphatic rings. The molecule has 0 radical (unpaired) electrons. The Hall–Kier alpha value is -2.94. The van der Waals surface area contributed by atoms with Gasteiger partial charge in [-0.2, -0.15) is 5.10 Å². The number of likely N-dealkylation sites (tertiary alicyclic amines) is 1. The van der Waals surface area contributed by atoms with Gasteiger partial charge in [-0.3, -0.25) is 9.89 Å². The molecule has 0 bridgehead atoms. The summed E-state index contributed by atoms with van der Waals surface area (Å²) >= 11 is 0. The summed E-state index contributed by atoms with van der Waals surface area (Å²) in [7, 11) is -1.10. The van der Waals surface area contributed by atoms with Crippen molar-refractivity contribution in [2.45, 2.75) is 45.1 Å². The molecule has 1 fully saturated rings. The highest BCUT2D eigenvalue weighted by Gasteiger charge is 2.17. The van der Waals surface area contributed by atoms with E-state index in [1.165, 1.54) is 37.6 Å². The van der Waals surface area contributed by atoms with E-state index in [2.05, 4.69) is 51.4 Å². The second kappa shape index (κ2) is 12.3. The monoisotopic (exact) mass is 506 g/mol. The van der Waals surface area contributed by atoms with Gasteiger partial charge in [-0.15, -0.1) is 4.68 Å². The molecule has 1 aromatic heterocycles. The second-order valence-corrected chi connectivity index (χ2v) is 16.2. The van der Waals surface area contributed by atoms with Crippen molar-refractivity contribution >= 4 is 24.7 Å². The first-order valence-corrected chi connectivity index (χ1v) is 16.6. The highest BCUT2D eigenvalue weighted by Crippen LogP contribution is 2.25. The number of aliphatic imine (C=N–C) groups is 1. The van der Waals surface area contributed by atoms with Crippen LogP contribution >= 0.6 is 0 Å². The van der Waals surface area contributed by atoms with Crippen molar-refractivity contribution in [3.63, 3.8) is 0 Å². The molecular formula is C28H40N5O2Si+. The average Bonchev–Trinajstić information content (AvgIpc) is 3.51. The molecule has 2 heterocycles. The molecule has 2 aromatic carbocycles. The van der Waals surface area contributed by atoms with Crippen LogP contribution in [0.3, 0.4) is 0 Å². The number of nitrogens with zero attached hydrogens (tertiary/aromatic N) is 3. The Morgan fingerprint density at radius 2 is 1.86 bits per heavy atom. The average molecular weight is 507 g/mol. The van der Waals surface area contributed by atoms with E-state index in [9.17, 15) is 0 Å². The van der Waals surface area contributed by atoms with Gasteiger partial charge >= 0.3 is 0 Å². The lowest BCUT2D eigenvalue weighted by Gasteiger charge is -2.14. The SMILES string of the molecule is C[Si](C)(C)CCOC/N=C(/C=C\N)c1ccc(Oc2ccc3c(c[nH][n+]3CCN3CCCC3)c2)cc1. The number of benzene rings is 2. The fourth-order valence-electron chi connectivity index (χ4n) is 4.33. The van der Waals surface area contributed by atoms with Crippen molar-refractivity contribution in [1.29, 1.82) is 0 Å². The Balaban J connectivity index is 1.35. The second-order valence-electron chi connectivity index (χ2n) is 10.6. The quantitative estimate of drug-likeness (QED) is 0.158. The minimum atomic E-state index is -1.10. The number of hydrogen-bond donors (Lipinski definition) is 2. The zero-order valence-corrected chi connectivity index (χ0v) is 22.9. The summed E-state index contributed by atoms with van der Waals surface area (Å²) in [5.41, 5.74) is 8.61. The summed E-state index contributed by atoms with van der Waals surface area (Å²) in [6, 6.07) is 15.3. The third kappa shape index (κ3) is 7.53. The fraction of sp³-hybridized carbons (Fsp3) is 0.429. The van der Waals surface area contributed by atoms with E-state index >= 15 is 0 Å². The Morgan fingerprint density at radius 3 is 2.58 bits per heavy atom. The van der Waals surface area contributed by atoms with E-state index in [0.29, 0.717) is 6.73 Å². The summed E-state index contributed by atoms with van der Waals surface area (Å²) < 4.78 is 14.1. The molecule has 3 N–H and O–H groups in total. The minimum Gasteiger partial charge on any atom is -0.457 e. The van der Waals surface area contributed by atoms with E-state index in [0.717, 1.165) is 53.9 Å². The van der Waals surface area contributed by atoms with Crippen molar-refractivity contribution in [3.8, 4) is 11.5 Å². The maximum atomic E-state index is 6.14. The minimum absolute atomic E-state index is 0.330. The Labute approximate surface area is 215 Å². The maximum Gasteiger partial charge on any atom is 0.238 e. The van der Waals surface area contributed by atoms with Gasteiger partial charge < -0.3 is 15.2 Å². The molecule has 0 spiro atoms. The zero-order chi connectivity index (χ0) is 25.4. The summed E-state index contributed by atoms with van der Waals surface area (Å²) in [5.74, 6) is 1.59. The molecule has 0 amide bonds. The largest absolute Gasteiger partial charge is 0.457 e. The number of rotatable bonds is 12. The first-order valence-electron chi connectivity index (χ1n) is 12.9. The number of H-pyrrole nitrogens is 1. The van der Waals surface area contributed by atoms with Crippen LogP contribution in [0.1, 0.15) is 18.4 Å². The van der Waals surface area contributed by atoms with Crippen LogP contribution in [0.2, 0.25) is 25.7 Å². The van der Waals surface area contributed by atoms with E-state index in [1.807, 2.05) is 36.5 Å². The van der Waals surface area contributed by atoms with Crippen LogP contribution in [-0.4, -0.2) is 56.8 Å². The van der Waals surface area contributed by atoms with Gasteiger partial charge in [0.15, 0.2) is 6.54 Å². The summed E-state index contributed by atoms with van der Waals surface area (Å²) in [6.45, 7) is 12.6. The standard InChI is InChI=1S/C28H39N5O2Si/c1-36(2,3)19-18-34-22-30-27(12-13-29)23-6-8-25(9-7-23)35-26-10-11-28-24(20-26)21-31-33(28)17-16-32-14-4-5-15-32/h6-13,20-21H,4-5,14-19,22H2,1-3H3,(H2,29,30)/p+1. The third-order valence-electron chi connectivity index (χ3n) is 6.47. The highest BCUT2D eigenvalue weighted by atomic mass is 28.3. The summed E-state index contributed by atoms with van der Waals surface area (Å²) in [6.07, 6.45) is 8.00. The molecule has 0 saturated carbocycles. The molecule has 3 aromatic rings. The van der Waals surface area contributed by atoms with Gasteiger partial charge in [-0.1, -0.05) is 19.6 Å². The highest BCUT2D eigenvalue weighted by molar-refractivity contribution is 6.76. The van der Waals surface area contributed by atoms with Gasteiger partial charge in [0.05, 0.1) is 23.8 Å². The van der Waals surface area contributed by atoms with Crippen LogP contribution in [-0.2, 0) is 11.3 Å². The zero-order valence-electron chi connectivity index (χ0n) is 21.9. The lowest BCUT2D eigenvalue weighted by molar-refractivity contribution is -0.726. The Bertz CT molecular complexity index is 1170. The molecule has 0 aliphatic carbocycles. The molecule has 8 heteroatoms. The first-order chi connectivity index (χ1) is 17.4. The van der Waals surface area contributed by atoms with Gasteiger partial charge in [0.25, 0.3) is 0 Å². The predicted octanol–water partition coefficient (Wildman–Crippen LogP) is 4.92. The van der Waals surface area contributed by atoms with Crippen LogP contribution in [0.15, 0.2) is 65.9 Å². The number of nitrogens with two attached hydrogens (primary N) is 1. The maximum absolute atomic E-state index is 6.14. The third-order valence-corrected chi connectivity index (χ3v) is 8.17. The number of fused-ring (bicyclic) bond motifs is 1.